The van der Waals surface area contributed by atoms with Crippen LogP contribution in [0.5, 0.6) is 0 Å². The highest BCUT2D eigenvalue weighted by Gasteiger charge is 2.12. The van der Waals surface area contributed by atoms with E-state index >= 15 is 0 Å². The van der Waals surface area contributed by atoms with Crippen molar-refractivity contribution in [2.75, 3.05) is 0 Å². The van der Waals surface area contributed by atoms with E-state index in [0.29, 0.717) is 0 Å². The van der Waals surface area contributed by atoms with Crippen LogP contribution in [-0.2, 0) is 12.8 Å². The summed E-state index contributed by atoms with van der Waals surface area (Å²) in [6.07, 6.45) is 5.64. The second-order valence-corrected chi connectivity index (χ2v) is 6.18. The van der Waals surface area contributed by atoms with Crippen LogP contribution in [0.15, 0.2) is 67.0 Å². The third-order valence-corrected chi connectivity index (χ3v) is 4.64. The Morgan fingerprint density at radius 3 is 2.40 bits per heavy atom. The minimum atomic E-state index is 0.895. The molecule has 0 radical (unpaired) electrons. The van der Waals surface area contributed by atoms with Crippen LogP contribution in [0.2, 0.25) is 0 Å². The Bertz CT molecular complexity index is 999. The van der Waals surface area contributed by atoms with Gasteiger partial charge in [0, 0.05) is 30.1 Å². The first-order chi connectivity index (χ1) is 12.3. The van der Waals surface area contributed by atoms with Crippen LogP contribution >= 0.6 is 0 Å². The molecule has 0 N–H and O–H groups in total. The largest absolute Gasteiger partial charge is 0.296 e. The van der Waals surface area contributed by atoms with Crippen molar-refractivity contribution in [2.45, 2.75) is 26.7 Å². The van der Waals surface area contributed by atoms with Gasteiger partial charge in [0.2, 0.25) is 0 Å². The third kappa shape index (κ3) is 2.82. The van der Waals surface area contributed by atoms with Gasteiger partial charge in [-0.15, -0.1) is 0 Å². The second-order valence-electron chi connectivity index (χ2n) is 6.18. The molecule has 0 saturated carbocycles. The summed E-state index contributed by atoms with van der Waals surface area (Å²) in [4.78, 5) is 9.10. The molecule has 0 unspecified atom stereocenters. The molecule has 4 rings (SSSR count). The van der Waals surface area contributed by atoms with Crippen LogP contribution in [0.4, 0.5) is 0 Å². The van der Waals surface area contributed by atoms with Gasteiger partial charge in [0.1, 0.15) is 5.82 Å². The first-order valence-corrected chi connectivity index (χ1v) is 8.81. The number of rotatable bonds is 4. The maximum atomic E-state index is 4.88. The van der Waals surface area contributed by atoms with Crippen molar-refractivity contribution in [3.05, 3.63) is 78.4 Å². The van der Waals surface area contributed by atoms with E-state index in [4.69, 9.17) is 4.98 Å². The Morgan fingerprint density at radius 1 is 0.880 bits per heavy atom. The quantitative estimate of drug-likeness (QED) is 0.515. The van der Waals surface area contributed by atoms with Crippen molar-refractivity contribution in [3.8, 4) is 16.8 Å². The van der Waals surface area contributed by atoms with E-state index in [9.17, 15) is 0 Å². The number of fused-ring (bicyclic) bond motifs is 1. The minimum absolute atomic E-state index is 0.895. The van der Waals surface area contributed by atoms with Crippen LogP contribution in [0, 0.1) is 0 Å². The minimum Gasteiger partial charge on any atom is -0.296 e. The lowest BCUT2D eigenvalue weighted by molar-refractivity contribution is 0.907. The summed E-state index contributed by atoms with van der Waals surface area (Å²) in [5, 5.41) is 0. The molecule has 25 heavy (non-hydrogen) atoms. The molecule has 2 aromatic carbocycles. The van der Waals surface area contributed by atoms with Crippen molar-refractivity contribution >= 4 is 11.0 Å². The van der Waals surface area contributed by atoms with E-state index in [1.54, 1.807) is 6.20 Å². The average molecular weight is 327 g/mol. The fourth-order valence-corrected chi connectivity index (χ4v) is 3.25. The number of nitrogens with zero attached hydrogens (tertiary/aromatic N) is 3. The predicted molar refractivity (Wildman–Crippen MR) is 103 cm³/mol. The van der Waals surface area contributed by atoms with Gasteiger partial charge in [-0.3, -0.25) is 9.55 Å². The molecule has 0 bridgehead atoms. The monoisotopic (exact) mass is 327 g/mol. The van der Waals surface area contributed by atoms with Gasteiger partial charge in [-0.1, -0.05) is 38.1 Å². The van der Waals surface area contributed by atoms with Crippen LogP contribution in [0.25, 0.3) is 27.8 Å². The summed E-state index contributed by atoms with van der Waals surface area (Å²) < 4.78 is 2.27. The third-order valence-electron chi connectivity index (χ3n) is 4.64. The molecule has 4 aromatic rings. The Balaban J connectivity index is 1.86. The highest BCUT2D eigenvalue weighted by molar-refractivity contribution is 5.84. The SMILES string of the molecule is CCc1ccc(-n2c(CC)nc3cc(-c4cccnc4)ccc32)cc1. The van der Waals surface area contributed by atoms with Gasteiger partial charge in [-0.05, 0) is 47.9 Å². The molecule has 0 fully saturated rings. The summed E-state index contributed by atoms with van der Waals surface area (Å²) in [5.41, 5.74) is 6.96. The molecule has 2 aromatic heterocycles. The molecule has 0 aliphatic carbocycles. The molecule has 3 heteroatoms. The molecule has 0 aliphatic rings. The van der Waals surface area contributed by atoms with Crippen molar-refractivity contribution in [1.29, 1.82) is 0 Å². The van der Waals surface area contributed by atoms with E-state index in [1.807, 2.05) is 12.3 Å². The van der Waals surface area contributed by atoms with E-state index in [1.165, 1.54) is 11.3 Å². The fraction of sp³-hybridized carbons (Fsp3) is 0.182. The maximum Gasteiger partial charge on any atom is 0.114 e. The highest BCUT2D eigenvalue weighted by atomic mass is 15.1. The van der Waals surface area contributed by atoms with Crippen LogP contribution in [-0.4, -0.2) is 14.5 Å². The number of pyridine rings is 1. The number of aromatic nitrogens is 3. The Hall–Kier alpha value is -2.94. The maximum absolute atomic E-state index is 4.88. The second kappa shape index (κ2) is 6.52. The zero-order valence-electron chi connectivity index (χ0n) is 14.6. The number of hydrogen-bond donors (Lipinski definition) is 0. The smallest absolute Gasteiger partial charge is 0.114 e. The zero-order chi connectivity index (χ0) is 17.2. The predicted octanol–water partition coefficient (Wildman–Crippen LogP) is 5.21. The Labute approximate surface area is 148 Å². The average Bonchev–Trinajstić information content (AvgIpc) is 3.06. The van der Waals surface area contributed by atoms with Gasteiger partial charge < -0.3 is 0 Å². The molecule has 0 saturated heterocycles. The first-order valence-electron chi connectivity index (χ1n) is 8.81. The van der Waals surface area contributed by atoms with Gasteiger partial charge in [0.05, 0.1) is 11.0 Å². The molecule has 0 spiro atoms. The summed E-state index contributed by atoms with van der Waals surface area (Å²) in [6.45, 7) is 4.33. The Kier molecular flexibility index (Phi) is 4.06. The van der Waals surface area contributed by atoms with Crippen molar-refractivity contribution in [1.82, 2.24) is 14.5 Å². The number of aryl methyl sites for hydroxylation is 2. The van der Waals surface area contributed by atoms with E-state index in [-0.39, 0.29) is 0 Å². The summed E-state index contributed by atoms with van der Waals surface area (Å²) in [6, 6.07) is 19.3. The highest BCUT2D eigenvalue weighted by Crippen LogP contribution is 2.27. The summed E-state index contributed by atoms with van der Waals surface area (Å²) in [5.74, 6) is 1.09. The van der Waals surface area contributed by atoms with E-state index in [2.05, 4.69) is 71.9 Å². The molecule has 0 amide bonds. The van der Waals surface area contributed by atoms with E-state index < -0.39 is 0 Å². The molecular weight excluding hydrogens is 306 g/mol. The fourth-order valence-electron chi connectivity index (χ4n) is 3.25. The van der Waals surface area contributed by atoms with Gasteiger partial charge in [-0.2, -0.15) is 0 Å². The number of hydrogen-bond acceptors (Lipinski definition) is 2. The molecule has 2 heterocycles. The van der Waals surface area contributed by atoms with Crippen molar-refractivity contribution in [3.63, 3.8) is 0 Å². The van der Waals surface area contributed by atoms with Gasteiger partial charge >= 0.3 is 0 Å². The molecule has 3 nitrogen and oxygen atoms in total. The van der Waals surface area contributed by atoms with Crippen LogP contribution in [0.1, 0.15) is 25.2 Å². The lowest BCUT2D eigenvalue weighted by Crippen LogP contribution is -2.00. The molecule has 0 aliphatic heterocycles. The van der Waals surface area contributed by atoms with Gasteiger partial charge in [-0.25, -0.2) is 4.98 Å². The molecular formula is C22H21N3. The summed E-state index contributed by atoms with van der Waals surface area (Å²) in [7, 11) is 0. The van der Waals surface area contributed by atoms with Crippen molar-refractivity contribution in [2.24, 2.45) is 0 Å². The Morgan fingerprint density at radius 2 is 1.72 bits per heavy atom. The van der Waals surface area contributed by atoms with Crippen LogP contribution < -0.4 is 0 Å². The summed E-state index contributed by atoms with van der Waals surface area (Å²) >= 11 is 0. The topological polar surface area (TPSA) is 30.7 Å². The lowest BCUT2D eigenvalue weighted by atomic mass is 10.1. The normalized spacial score (nSPS) is 11.1. The van der Waals surface area contributed by atoms with Gasteiger partial charge in [0.15, 0.2) is 0 Å². The molecule has 124 valence electrons. The zero-order valence-corrected chi connectivity index (χ0v) is 14.6. The van der Waals surface area contributed by atoms with E-state index in [0.717, 1.165) is 40.8 Å². The number of benzene rings is 2. The number of imidazole rings is 1. The standard InChI is InChI=1S/C22H21N3/c1-3-16-7-10-19(11-8-16)25-21-12-9-17(18-6-5-13-23-15-18)14-20(21)24-22(25)4-2/h5-15H,3-4H2,1-2H3. The molecule has 0 atom stereocenters. The first kappa shape index (κ1) is 15.6. The van der Waals surface area contributed by atoms with Crippen LogP contribution in [0.3, 0.4) is 0 Å². The van der Waals surface area contributed by atoms with Crippen molar-refractivity contribution < 1.29 is 0 Å². The lowest BCUT2D eigenvalue weighted by Gasteiger charge is -2.09. The van der Waals surface area contributed by atoms with Gasteiger partial charge in [0.25, 0.3) is 0 Å².